The van der Waals surface area contributed by atoms with E-state index in [1.807, 2.05) is 29.6 Å². The van der Waals surface area contributed by atoms with Gasteiger partial charge in [-0.15, -0.1) is 0 Å². The molecule has 3 N–H and O–H groups in total. The van der Waals surface area contributed by atoms with Gasteiger partial charge in [0.2, 0.25) is 0 Å². The van der Waals surface area contributed by atoms with Crippen LogP contribution in [-0.4, -0.2) is 58.1 Å². The molecule has 1 aromatic heterocycles. The Kier molecular flexibility index (Phi) is 4.22. The van der Waals surface area contributed by atoms with Crippen molar-refractivity contribution in [2.45, 2.75) is 18.0 Å². The molecule has 0 spiro atoms. The van der Waals surface area contributed by atoms with Crippen molar-refractivity contribution in [1.82, 2.24) is 20.3 Å². The van der Waals surface area contributed by atoms with E-state index in [-0.39, 0.29) is 30.5 Å². The van der Waals surface area contributed by atoms with Gasteiger partial charge in [-0.05, 0) is 6.08 Å². The highest BCUT2D eigenvalue weighted by atomic mass is 35.5. The van der Waals surface area contributed by atoms with E-state index in [2.05, 4.69) is 20.7 Å². The van der Waals surface area contributed by atoms with Gasteiger partial charge >= 0.3 is 0 Å². The zero-order valence-corrected chi connectivity index (χ0v) is 13.8. The number of nitrogens with one attached hydrogen (secondary N) is 2. The quantitative estimate of drug-likeness (QED) is 0.750. The summed E-state index contributed by atoms with van der Waals surface area (Å²) in [4.78, 5) is 9.03. The van der Waals surface area contributed by atoms with Crippen LogP contribution in [0.1, 0.15) is 11.6 Å². The van der Waals surface area contributed by atoms with Crippen molar-refractivity contribution in [3.05, 3.63) is 41.5 Å². The number of halogens is 1. The zero-order chi connectivity index (χ0) is 16.5. The van der Waals surface area contributed by atoms with Crippen molar-refractivity contribution in [2.24, 2.45) is 11.0 Å². The molecule has 8 heteroatoms. The number of anilines is 1. The summed E-state index contributed by atoms with van der Waals surface area (Å²) in [5.41, 5.74) is 0.860. The maximum atomic E-state index is 9.43. The molecule has 0 aromatic carbocycles. The lowest BCUT2D eigenvalue weighted by atomic mass is 9.97. The smallest absolute Gasteiger partial charge is 0.145 e. The molecule has 4 atom stereocenters. The van der Waals surface area contributed by atoms with Gasteiger partial charge in [0, 0.05) is 50.3 Å². The summed E-state index contributed by atoms with van der Waals surface area (Å²) in [6.45, 7) is 1.78. The molecule has 7 nitrogen and oxygen atoms in total. The lowest BCUT2D eigenvalue weighted by molar-refractivity contribution is 0.231. The number of aliphatic hydroxyl groups excluding tert-OH is 1. The first kappa shape index (κ1) is 15.6. The summed E-state index contributed by atoms with van der Waals surface area (Å²) in [6.07, 6.45) is 11.1. The number of rotatable bonds is 4. The van der Waals surface area contributed by atoms with Crippen molar-refractivity contribution >= 4 is 23.6 Å². The highest BCUT2D eigenvalue weighted by Gasteiger charge is 2.33. The van der Waals surface area contributed by atoms with Crippen LogP contribution >= 0.6 is 11.6 Å². The lowest BCUT2D eigenvalue weighted by Crippen LogP contribution is -2.31. The van der Waals surface area contributed by atoms with Gasteiger partial charge in [0.25, 0.3) is 0 Å². The normalized spacial score (nSPS) is 31.2. The molecule has 0 aliphatic carbocycles. The van der Waals surface area contributed by atoms with Crippen LogP contribution in [-0.2, 0) is 0 Å². The third-order valence-corrected chi connectivity index (χ3v) is 4.87. The Balaban J connectivity index is 1.51. The van der Waals surface area contributed by atoms with Gasteiger partial charge in [-0.3, -0.25) is 9.99 Å². The van der Waals surface area contributed by atoms with E-state index in [9.17, 15) is 5.11 Å². The summed E-state index contributed by atoms with van der Waals surface area (Å²) in [5.74, 6) is 0.944. The summed E-state index contributed by atoms with van der Waals surface area (Å²) >= 11 is 6.02. The Bertz CT molecular complexity index is 706. The van der Waals surface area contributed by atoms with Crippen molar-refractivity contribution in [3.8, 4) is 0 Å². The van der Waals surface area contributed by atoms with E-state index >= 15 is 0 Å². The van der Waals surface area contributed by atoms with E-state index in [1.54, 1.807) is 12.4 Å². The average molecular weight is 347 g/mol. The minimum Gasteiger partial charge on any atom is -0.396 e. The molecular weight excluding hydrogens is 328 g/mol. The predicted molar refractivity (Wildman–Crippen MR) is 92.8 cm³/mol. The van der Waals surface area contributed by atoms with Crippen molar-refractivity contribution in [2.75, 3.05) is 25.0 Å². The highest BCUT2D eigenvalue weighted by molar-refractivity contribution is 6.31. The summed E-state index contributed by atoms with van der Waals surface area (Å²) in [6, 6.07) is 0.236. The van der Waals surface area contributed by atoms with Crippen molar-refractivity contribution in [3.63, 3.8) is 0 Å². The lowest BCUT2D eigenvalue weighted by Gasteiger charge is -2.25. The monoisotopic (exact) mass is 346 g/mol. The van der Waals surface area contributed by atoms with Crippen LogP contribution in [0, 0.1) is 5.92 Å². The van der Waals surface area contributed by atoms with E-state index in [0.717, 1.165) is 24.6 Å². The highest BCUT2D eigenvalue weighted by Crippen LogP contribution is 2.31. The van der Waals surface area contributed by atoms with Crippen molar-refractivity contribution in [1.29, 1.82) is 0 Å². The predicted octanol–water partition coefficient (Wildman–Crippen LogP) is 0.872. The molecule has 1 saturated heterocycles. The van der Waals surface area contributed by atoms with Crippen LogP contribution in [0.15, 0.2) is 40.9 Å². The van der Waals surface area contributed by atoms with Gasteiger partial charge in [-0.2, -0.15) is 5.10 Å². The van der Waals surface area contributed by atoms with Gasteiger partial charge in [0.05, 0.1) is 28.9 Å². The first-order valence-corrected chi connectivity index (χ1v) is 8.40. The number of hydrogen-bond acceptors (Lipinski definition) is 7. The molecule has 1 fully saturated rings. The van der Waals surface area contributed by atoms with Gasteiger partial charge in [-0.25, -0.2) is 4.98 Å². The standard InChI is InChI=1S/C16H19ClN6O/c17-11-1-2-15-12(4-20-23(15)8-11)14-6-19-7-16(22-14)21-13-5-18-3-10(13)9-24/h1-2,4,6-8,10,12-13,15,18,24H,3,5,9H2,(H,21,22)/t10-,12?,13-,15?/m0/s1. The Morgan fingerprint density at radius 1 is 1.38 bits per heavy atom. The Morgan fingerprint density at radius 3 is 3.17 bits per heavy atom. The first-order chi connectivity index (χ1) is 11.7. The Morgan fingerprint density at radius 2 is 2.29 bits per heavy atom. The fourth-order valence-electron chi connectivity index (χ4n) is 3.31. The first-order valence-electron chi connectivity index (χ1n) is 8.02. The largest absolute Gasteiger partial charge is 0.396 e. The second-order valence-electron chi connectivity index (χ2n) is 6.21. The second kappa shape index (κ2) is 6.51. The summed E-state index contributed by atoms with van der Waals surface area (Å²) in [7, 11) is 0. The van der Waals surface area contributed by atoms with Crippen LogP contribution in [0.4, 0.5) is 5.82 Å². The molecule has 0 saturated carbocycles. The fraction of sp³-hybridized carbons (Fsp3) is 0.438. The Hall–Kier alpha value is -1.96. The summed E-state index contributed by atoms with van der Waals surface area (Å²) < 4.78 is 0. The zero-order valence-electron chi connectivity index (χ0n) is 13.0. The number of aromatic nitrogens is 2. The third kappa shape index (κ3) is 2.90. The topological polar surface area (TPSA) is 85.7 Å². The molecule has 2 unspecified atom stereocenters. The van der Waals surface area contributed by atoms with Crippen LogP contribution in [0.3, 0.4) is 0 Å². The fourth-order valence-corrected chi connectivity index (χ4v) is 3.48. The number of hydrazone groups is 1. The molecule has 0 bridgehead atoms. The molecule has 3 aliphatic heterocycles. The van der Waals surface area contributed by atoms with Gasteiger partial charge < -0.3 is 15.7 Å². The van der Waals surface area contributed by atoms with E-state index in [1.165, 1.54) is 0 Å². The Labute approximate surface area is 145 Å². The minimum atomic E-state index is 0.0341. The van der Waals surface area contributed by atoms with E-state index < -0.39 is 0 Å². The van der Waals surface area contributed by atoms with Crippen LogP contribution in [0.5, 0.6) is 0 Å². The number of fused-ring (bicyclic) bond motifs is 1. The van der Waals surface area contributed by atoms with E-state index in [4.69, 9.17) is 16.6 Å². The maximum Gasteiger partial charge on any atom is 0.145 e. The molecule has 3 aliphatic rings. The molecule has 1 aromatic rings. The van der Waals surface area contributed by atoms with Gasteiger partial charge in [0.1, 0.15) is 5.82 Å². The molecule has 4 heterocycles. The number of nitrogens with zero attached hydrogens (tertiary/aromatic N) is 4. The maximum absolute atomic E-state index is 9.43. The number of hydrogen-bond donors (Lipinski definition) is 3. The molecular formula is C16H19ClN6O. The molecule has 0 amide bonds. The van der Waals surface area contributed by atoms with Crippen molar-refractivity contribution < 1.29 is 5.11 Å². The minimum absolute atomic E-state index is 0.0341. The SMILES string of the molecule is OC[C@@H]1CNC[C@@H]1Nc1cncc(C2C=NN3C=C(Cl)C=CC23)n1. The second-order valence-corrected chi connectivity index (χ2v) is 6.65. The average Bonchev–Trinajstić information content (AvgIpc) is 3.21. The van der Waals surface area contributed by atoms with Gasteiger partial charge in [0.15, 0.2) is 0 Å². The summed E-state index contributed by atoms with van der Waals surface area (Å²) in [5, 5.41) is 23.0. The molecule has 126 valence electrons. The van der Waals surface area contributed by atoms with Gasteiger partial charge in [-0.1, -0.05) is 17.7 Å². The third-order valence-electron chi connectivity index (χ3n) is 4.64. The number of aliphatic hydroxyl groups is 1. The van der Waals surface area contributed by atoms with Crippen LogP contribution in [0.2, 0.25) is 0 Å². The molecule has 24 heavy (non-hydrogen) atoms. The van der Waals surface area contributed by atoms with Crippen LogP contribution < -0.4 is 10.6 Å². The number of allylic oxidation sites excluding steroid dienone is 2. The molecule has 4 rings (SSSR count). The van der Waals surface area contributed by atoms with Crippen LogP contribution in [0.25, 0.3) is 0 Å². The van der Waals surface area contributed by atoms with E-state index in [0.29, 0.717) is 5.03 Å². The molecule has 0 radical (unpaired) electrons.